The molecule has 0 aromatic rings. The van der Waals surface area contributed by atoms with Gasteiger partial charge in [0.25, 0.3) is 0 Å². The Morgan fingerprint density at radius 3 is 2.55 bits per heavy atom. The van der Waals surface area contributed by atoms with Crippen molar-refractivity contribution in [1.82, 2.24) is 0 Å². The van der Waals surface area contributed by atoms with Gasteiger partial charge in [-0.1, -0.05) is 12.2 Å². The molecule has 0 amide bonds. The predicted octanol–water partition coefficient (Wildman–Crippen LogP) is 1.81. The first-order chi connectivity index (χ1) is 5.13. The summed E-state index contributed by atoms with van der Waals surface area (Å²) in [6.45, 7) is 0. The molecular formula is C7H8O2S2. The summed E-state index contributed by atoms with van der Waals surface area (Å²) < 4.78 is 0.201. The van der Waals surface area contributed by atoms with Crippen molar-refractivity contribution in [2.45, 2.75) is 19.3 Å². The largest absolute Gasteiger partial charge is 0.511 e. The van der Waals surface area contributed by atoms with Gasteiger partial charge in [-0.05, 0) is 6.42 Å². The molecule has 0 atom stereocenters. The minimum absolute atomic E-state index is 0.0891. The maximum absolute atomic E-state index is 11.1. The Balaban J connectivity index is 3.01. The lowest BCUT2D eigenvalue weighted by molar-refractivity contribution is -0.115. The molecule has 0 saturated heterocycles. The van der Waals surface area contributed by atoms with Crippen LogP contribution in [0, 0.1) is 0 Å². The standard InChI is InChI=1S/C7H8O2S2/c8-4-2-1-3-5(9)6(4)7(10)11/h8H,1-3H2,(H,10,11). The van der Waals surface area contributed by atoms with E-state index in [-0.39, 0.29) is 21.3 Å². The Kier molecular flexibility index (Phi) is 2.67. The normalized spacial score (nSPS) is 18.8. The summed E-state index contributed by atoms with van der Waals surface area (Å²) in [6.07, 6.45) is 1.73. The predicted molar refractivity (Wildman–Crippen MR) is 50.1 cm³/mol. The average molecular weight is 188 g/mol. The van der Waals surface area contributed by atoms with Crippen molar-refractivity contribution >= 4 is 34.8 Å². The summed E-state index contributed by atoms with van der Waals surface area (Å²) in [5, 5.41) is 9.23. The molecular weight excluding hydrogens is 180 g/mol. The lowest BCUT2D eigenvalue weighted by atomic mass is 9.98. The summed E-state index contributed by atoms with van der Waals surface area (Å²) >= 11 is 8.55. The Morgan fingerprint density at radius 1 is 1.55 bits per heavy atom. The number of Topliss-reactive ketones (excluding diaryl/α,β-unsaturated/α-hetero) is 1. The average Bonchev–Trinajstić information content (AvgIpc) is 1.85. The first kappa shape index (κ1) is 8.74. The highest BCUT2D eigenvalue weighted by Crippen LogP contribution is 2.22. The first-order valence-electron chi connectivity index (χ1n) is 3.31. The van der Waals surface area contributed by atoms with Gasteiger partial charge in [0.2, 0.25) is 0 Å². The molecule has 0 radical (unpaired) electrons. The lowest BCUT2D eigenvalue weighted by Crippen LogP contribution is -2.15. The summed E-state index contributed by atoms with van der Waals surface area (Å²) in [5.41, 5.74) is 0.245. The Morgan fingerprint density at radius 2 is 2.18 bits per heavy atom. The Bertz CT molecular complexity index is 243. The summed E-state index contributed by atoms with van der Waals surface area (Å²) in [4.78, 5) is 11.1. The second kappa shape index (κ2) is 3.36. The smallest absolute Gasteiger partial charge is 0.168 e. The number of carbonyl (C=O) groups excluding carboxylic acids is 1. The number of allylic oxidation sites excluding steroid dienone is 1. The van der Waals surface area contributed by atoms with E-state index in [1.165, 1.54) is 0 Å². The van der Waals surface area contributed by atoms with Crippen LogP contribution < -0.4 is 0 Å². The maximum Gasteiger partial charge on any atom is 0.168 e. The fourth-order valence-corrected chi connectivity index (χ4v) is 1.56. The van der Waals surface area contributed by atoms with Gasteiger partial charge in [0.1, 0.15) is 5.76 Å². The van der Waals surface area contributed by atoms with Crippen molar-refractivity contribution in [2.24, 2.45) is 0 Å². The van der Waals surface area contributed by atoms with Crippen LogP contribution in [0.25, 0.3) is 0 Å². The van der Waals surface area contributed by atoms with E-state index in [9.17, 15) is 9.90 Å². The summed E-state index contributed by atoms with van der Waals surface area (Å²) in [5.74, 6) is 0.00926. The molecule has 0 bridgehead atoms. The van der Waals surface area contributed by atoms with Crippen LogP contribution in [0.4, 0.5) is 0 Å². The van der Waals surface area contributed by atoms with E-state index in [2.05, 4.69) is 12.6 Å². The Hall–Kier alpha value is -0.350. The van der Waals surface area contributed by atoms with Gasteiger partial charge in [-0.25, -0.2) is 0 Å². The van der Waals surface area contributed by atoms with Crippen LogP contribution in [0.3, 0.4) is 0 Å². The van der Waals surface area contributed by atoms with Gasteiger partial charge in [0.15, 0.2) is 5.78 Å². The third-order valence-corrected chi connectivity index (χ3v) is 2.03. The number of thiol groups is 1. The molecule has 0 aromatic heterocycles. The third kappa shape index (κ3) is 1.81. The molecule has 4 heteroatoms. The third-order valence-electron chi connectivity index (χ3n) is 1.60. The number of aliphatic hydroxyl groups is 1. The van der Waals surface area contributed by atoms with Crippen LogP contribution in [0.5, 0.6) is 0 Å². The molecule has 60 valence electrons. The van der Waals surface area contributed by atoms with Gasteiger partial charge in [-0.15, -0.1) is 12.6 Å². The van der Waals surface area contributed by atoms with Gasteiger partial charge in [0.05, 0.1) is 9.77 Å². The summed E-state index contributed by atoms with van der Waals surface area (Å²) in [7, 11) is 0. The van der Waals surface area contributed by atoms with Crippen LogP contribution in [0.2, 0.25) is 0 Å². The molecule has 0 aliphatic heterocycles. The van der Waals surface area contributed by atoms with E-state index in [4.69, 9.17) is 12.2 Å². The number of carbonyl (C=O) groups is 1. The number of aliphatic hydroxyl groups excluding tert-OH is 1. The molecule has 2 nitrogen and oxygen atoms in total. The first-order valence-corrected chi connectivity index (χ1v) is 4.17. The number of ketones is 1. The molecule has 0 aromatic carbocycles. The van der Waals surface area contributed by atoms with Crippen LogP contribution in [0.15, 0.2) is 11.3 Å². The van der Waals surface area contributed by atoms with Crippen LogP contribution in [-0.4, -0.2) is 15.1 Å². The molecule has 1 rings (SSSR count). The van der Waals surface area contributed by atoms with Crippen LogP contribution >= 0.6 is 24.8 Å². The SMILES string of the molecule is O=C1CCCC(O)=C1C(=S)S. The molecule has 11 heavy (non-hydrogen) atoms. The topological polar surface area (TPSA) is 37.3 Å². The highest BCUT2D eigenvalue weighted by molar-refractivity contribution is 8.12. The molecule has 1 aliphatic carbocycles. The minimum Gasteiger partial charge on any atom is -0.511 e. The fourth-order valence-electron chi connectivity index (χ4n) is 1.07. The van der Waals surface area contributed by atoms with Crippen molar-refractivity contribution in [1.29, 1.82) is 0 Å². The quantitative estimate of drug-likeness (QED) is 0.487. The molecule has 1 N–H and O–H groups in total. The Labute approximate surface area is 75.7 Å². The van der Waals surface area contributed by atoms with Crippen molar-refractivity contribution in [2.75, 3.05) is 0 Å². The van der Waals surface area contributed by atoms with Crippen molar-refractivity contribution in [3.05, 3.63) is 11.3 Å². The van der Waals surface area contributed by atoms with Crippen molar-refractivity contribution in [3.8, 4) is 0 Å². The molecule has 0 saturated carbocycles. The van der Waals surface area contributed by atoms with E-state index >= 15 is 0 Å². The molecule has 0 unspecified atom stereocenters. The van der Waals surface area contributed by atoms with E-state index in [0.717, 1.165) is 0 Å². The van der Waals surface area contributed by atoms with E-state index in [0.29, 0.717) is 19.3 Å². The van der Waals surface area contributed by atoms with Gasteiger partial charge in [0, 0.05) is 12.8 Å². The molecule has 0 fully saturated rings. The van der Waals surface area contributed by atoms with E-state index in [1.807, 2.05) is 0 Å². The molecule has 0 heterocycles. The fraction of sp³-hybridized carbons (Fsp3) is 0.429. The number of rotatable bonds is 1. The number of hydrogen-bond acceptors (Lipinski definition) is 3. The second-order valence-electron chi connectivity index (χ2n) is 2.40. The van der Waals surface area contributed by atoms with E-state index in [1.54, 1.807) is 0 Å². The van der Waals surface area contributed by atoms with Gasteiger partial charge in [-0.3, -0.25) is 4.79 Å². The van der Waals surface area contributed by atoms with Gasteiger partial charge in [-0.2, -0.15) is 0 Å². The maximum atomic E-state index is 11.1. The highest BCUT2D eigenvalue weighted by Gasteiger charge is 2.21. The highest BCUT2D eigenvalue weighted by atomic mass is 32.1. The minimum atomic E-state index is -0.0891. The zero-order valence-corrected chi connectivity index (χ0v) is 7.54. The summed E-state index contributed by atoms with van der Waals surface area (Å²) in [6, 6.07) is 0. The van der Waals surface area contributed by atoms with Crippen molar-refractivity contribution < 1.29 is 9.90 Å². The lowest BCUT2D eigenvalue weighted by Gasteiger charge is -2.12. The number of hydrogen-bond donors (Lipinski definition) is 2. The monoisotopic (exact) mass is 188 g/mol. The van der Waals surface area contributed by atoms with Gasteiger partial charge >= 0.3 is 0 Å². The second-order valence-corrected chi connectivity index (χ2v) is 3.56. The van der Waals surface area contributed by atoms with Crippen LogP contribution in [0.1, 0.15) is 19.3 Å². The van der Waals surface area contributed by atoms with Crippen molar-refractivity contribution in [3.63, 3.8) is 0 Å². The zero-order valence-electron chi connectivity index (χ0n) is 5.83. The van der Waals surface area contributed by atoms with Crippen LogP contribution in [-0.2, 0) is 4.79 Å². The molecule has 0 spiro atoms. The van der Waals surface area contributed by atoms with Gasteiger partial charge < -0.3 is 5.11 Å². The van der Waals surface area contributed by atoms with E-state index < -0.39 is 0 Å². The number of thiocarbonyl (C=S) groups is 1. The zero-order chi connectivity index (χ0) is 8.43. The molecule has 1 aliphatic rings.